The van der Waals surface area contributed by atoms with Crippen LogP contribution in [0.1, 0.15) is 62.3 Å². The summed E-state index contributed by atoms with van der Waals surface area (Å²) < 4.78 is 42.9. The normalized spacial score (nSPS) is 18.8. The summed E-state index contributed by atoms with van der Waals surface area (Å²) in [5.41, 5.74) is -0.263. The molecule has 1 aliphatic heterocycles. The first kappa shape index (κ1) is 33.9. The first-order valence-electron chi connectivity index (χ1n) is 15.6. The van der Waals surface area contributed by atoms with Crippen LogP contribution in [-0.2, 0) is 20.0 Å². The number of carbonyl (C=O) groups is 3. The van der Waals surface area contributed by atoms with E-state index in [2.05, 4.69) is 21.2 Å². The zero-order valence-corrected chi connectivity index (χ0v) is 27.3. The molecule has 2 aliphatic carbocycles. The molecule has 2 fully saturated rings. The van der Waals surface area contributed by atoms with Crippen molar-refractivity contribution in [1.82, 2.24) is 10.3 Å². The van der Waals surface area contributed by atoms with E-state index in [0.29, 0.717) is 11.3 Å². The number of amides is 3. The topological polar surface area (TPSA) is 107 Å². The number of anilines is 2. The van der Waals surface area contributed by atoms with Crippen LogP contribution in [-0.4, -0.2) is 45.8 Å². The van der Waals surface area contributed by atoms with Crippen LogP contribution >= 0.6 is 11.6 Å². The van der Waals surface area contributed by atoms with Gasteiger partial charge < -0.3 is 10.4 Å². The third-order valence-electron chi connectivity index (χ3n) is 8.58. The summed E-state index contributed by atoms with van der Waals surface area (Å²) in [6, 6.07) is 12.1. The number of hydrogen-bond acceptors (Lipinski definition) is 5. The molecule has 9 nitrogen and oxygen atoms in total. The van der Waals surface area contributed by atoms with E-state index < -0.39 is 66.0 Å². The van der Waals surface area contributed by atoms with Crippen molar-refractivity contribution >= 4 is 40.8 Å². The van der Waals surface area contributed by atoms with Crippen LogP contribution in [0.4, 0.5) is 24.7 Å². The Hall–Kier alpha value is -4.99. The number of alkyl halides is 2. The molecular formula is C36H32ClF3N5O4+. The van der Waals surface area contributed by atoms with E-state index in [1.807, 2.05) is 6.08 Å². The predicted molar refractivity (Wildman–Crippen MR) is 178 cm³/mol. The number of rotatable bonds is 8. The van der Waals surface area contributed by atoms with E-state index in [-0.39, 0.29) is 40.5 Å². The minimum atomic E-state index is -2.95. The standard InChI is InChI=1S/C36H31ClF3N5O4/c1-35(2,49)22-15-23(38)17-26(16-22)44(32(27-8-3-4-9-28(27)37)33(47)43-25-18-36(39,40)19-25)34(48)29-10-11-31(46)45(29)30-14-21(12-13-41-30)20-42-24-6-5-7-24/h3-9,12-17,25,29,32,49H,10-11,18-19H2,1-2H3/p+1/t29-,32-/m0/s1. The SMILES string of the molecule is CC(C)(O)c1cc(F)cc(N(C(=O)[C@@H]2CCC(=O)N2c2cc(C#[N+]C3=CC=C3)ccn2)[C@H](C(=O)NC2CC(F)(F)C2)c2ccccc2Cl)c1. The molecule has 0 bridgehead atoms. The van der Waals surface area contributed by atoms with Crippen molar-refractivity contribution < 1.29 is 32.7 Å². The van der Waals surface area contributed by atoms with Gasteiger partial charge in [-0.2, -0.15) is 0 Å². The van der Waals surface area contributed by atoms with E-state index in [4.69, 9.17) is 11.6 Å². The molecule has 1 saturated carbocycles. The Bertz CT molecular complexity index is 1960. The fraction of sp³-hybridized carbons (Fsp3) is 0.306. The van der Waals surface area contributed by atoms with Crippen LogP contribution in [0.3, 0.4) is 0 Å². The summed E-state index contributed by atoms with van der Waals surface area (Å²) in [7, 11) is 0. The third kappa shape index (κ3) is 7.23. The highest BCUT2D eigenvalue weighted by Gasteiger charge is 2.49. The van der Waals surface area contributed by atoms with Gasteiger partial charge in [0.05, 0.1) is 5.60 Å². The molecular weight excluding hydrogens is 659 g/mol. The van der Waals surface area contributed by atoms with Crippen LogP contribution < -0.4 is 15.1 Å². The van der Waals surface area contributed by atoms with Gasteiger partial charge in [-0.1, -0.05) is 29.8 Å². The summed E-state index contributed by atoms with van der Waals surface area (Å²) in [5, 5.41) is 13.5. The molecule has 6 rings (SSSR count). The molecule has 252 valence electrons. The number of nitrogens with one attached hydrogen (secondary N) is 1. The summed E-state index contributed by atoms with van der Waals surface area (Å²) in [4.78, 5) is 53.3. The Kier molecular flexibility index (Phi) is 9.09. The average molecular weight is 691 g/mol. The number of nitrogens with zero attached hydrogens (tertiary/aromatic N) is 4. The highest BCUT2D eigenvalue weighted by molar-refractivity contribution is 6.31. The maximum atomic E-state index is 15.3. The van der Waals surface area contributed by atoms with Gasteiger partial charge in [0.25, 0.3) is 11.8 Å². The maximum Gasteiger partial charge on any atom is 0.340 e. The minimum Gasteiger partial charge on any atom is -0.386 e. The van der Waals surface area contributed by atoms with Crippen molar-refractivity contribution in [3.63, 3.8) is 0 Å². The van der Waals surface area contributed by atoms with Gasteiger partial charge in [0.1, 0.15) is 29.3 Å². The second kappa shape index (κ2) is 13.1. The van der Waals surface area contributed by atoms with Crippen molar-refractivity contribution in [3.05, 3.63) is 117 Å². The van der Waals surface area contributed by atoms with E-state index in [0.717, 1.165) is 17.0 Å². The molecule has 2 heterocycles. The molecule has 0 radical (unpaired) electrons. The molecule has 3 amide bonds. The molecule has 0 spiro atoms. The zero-order valence-electron chi connectivity index (χ0n) is 26.5. The average Bonchev–Trinajstić information content (AvgIpc) is 3.39. The smallest absolute Gasteiger partial charge is 0.340 e. The minimum absolute atomic E-state index is 0.0228. The number of aliphatic hydroxyl groups is 1. The largest absolute Gasteiger partial charge is 0.386 e. The Morgan fingerprint density at radius 1 is 1.18 bits per heavy atom. The highest BCUT2D eigenvalue weighted by atomic mass is 35.5. The van der Waals surface area contributed by atoms with E-state index in [1.165, 1.54) is 43.1 Å². The summed E-state index contributed by atoms with van der Waals surface area (Å²) in [6.45, 7) is 2.86. The van der Waals surface area contributed by atoms with Gasteiger partial charge in [-0.3, -0.25) is 24.2 Å². The van der Waals surface area contributed by atoms with Gasteiger partial charge in [-0.05, 0) is 67.1 Å². The van der Waals surface area contributed by atoms with Crippen LogP contribution in [0.2, 0.25) is 5.02 Å². The van der Waals surface area contributed by atoms with E-state index >= 15 is 4.39 Å². The van der Waals surface area contributed by atoms with Gasteiger partial charge in [-0.25, -0.2) is 18.2 Å². The van der Waals surface area contributed by atoms with Crippen molar-refractivity contribution in [2.75, 3.05) is 9.80 Å². The monoisotopic (exact) mass is 690 g/mol. The number of hydrogen-bond donors (Lipinski definition) is 2. The van der Waals surface area contributed by atoms with Crippen molar-refractivity contribution in [1.29, 1.82) is 0 Å². The lowest BCUT2D eigenvalue weighted by atomic mass is 9.87. The van der Waals surface area contributed by atoms with E-state index in [9.17, 15) is 28.3 Å². The molecule has 3 aliphatic rings. The van der Waals surface area contributed by atoms with Crippen molar-refractivity contribution in [3.8, 4) is 6.07 Å². The van der Waals surface area contributed by atoms with Gasteiger partial charge in [0, 0.05) is 66.0 Å². The number of halogens is 4. The van der Waals surface area contributed by atoms with Gasteiger partial charge >= 0.3 is 11.8 Å². The number of allylic oxidation sites excluding steroid dienone is 3. The molecule has 49 heavy (non-hydrogen) atoms. The fourth-order valence-electron chi connectivity index (χ4n) is 5.98. The van der Waals surface area contributed by atoms with Crippen molar-refractivity contribution in [2.24, 2.45) is 0 Å². The zero-order chi connectivity index (χ0) is 35.1. The third-order valence-corrected chi connectivity index (χ3v) is 8.93. The van der Waals surface area contributed by atoms with E-state index in [1.54, 1.807) is 36.4 Å². The van der Waals surface area contributed by atoms with Crippen LogP contribution in [0.15, 0.2) is 84.7 Å². The van der Waals surface area contributed by atoms with Gasteiger partial charge in [0.2, 0.25) is 11.8 Å². The lowest BCUT2D eigenvalue weighted by molar-refractivity contribution is -0.133. The second-order valence-electron chi connectivity index (χ2n) is 12.8. The molecule has 2 aromatic carbocycles. The second-order valence-corrected chi connectivity index (χ2v) is 13.2. The van der Waals surface area contributed by atoms with Crippen molar-refractivity contribution in [2.45, 2.75) is 69.2 Å². The first-order chi connectivity index (χ1) is 23.2. The molecule has 1 saturated heterocycles. The number of aromatic nitrogens is 1. The molecule has 0 unspecified atom stereocenters. The van der Waals surface area contributed by atoms with Gasteiger partial charge in [-0.15, -0.1) is 0 Å². The molecule has 2 N–H and O–H groups in total. The fourth-order valence-corrected chi connectivity index (χ4v) is 6.22. The maximum absolute atomic E-state index is 15.3. The Balaban J connectivity index is 1.46. The number of carbonyl (C=O) groups excluding carboxylic acids is 3. The number of benzene rings is 2. The molecule has 2 atom stereocenters. The summed E-state index contributed by atoms with van der Waals surface area (Å²) >= 11 is 6.60. The summed E-state index contributed by atoms with van der Waals surface area (Å²) in [6.07, 6.45) is 5.65. The predicted octanol–water partition coefficient (Wildman–Crippen LogP) is 6.42. The molecule has 1 aromatic heterocycles. The summed E-state index contributed by atoms with van der Waals surface area (Å²) in [5.74, 6) is -5.67. The molecule has 3 aromatic rings. The Morgan fingerprint density at radius 2 is 1.92 bits per heavy atom. The lowest BCUT2D eigenvalue weighted by Gasteiger charge is -2.39. The van der Waals surface area contributed by atoms with Crippen LogP contribution in [0.5, 0.6) is 0 Å². The number of pyridine rings is 1. The lowest BCUT2D eigenvalue weighted by Crippen LogP contribution is -2.56. The Labute approximate surface area is 285 Å². The van der Waals surface area contributed by atoms with Crippen LogP contribution in [0, 0.1) is 11.9 Å². The Morgan fingerprint density at radius 3 is 2.57 bits per heavy atom. The van der Waals surface area contributed by atoms with Crippen LogP contribution in [0.25, 0.3) is 4.85 Å². The first-order valence-corrected chi connectivity index (χ1v) is 16.0. The highest BCUT2D eigenvalue weighted by Crippen LogP contribution is 2.40. The van der Waals surface area contributed by atoms with Gasteiger partial charge in [0.15, 0.2) is 0 Å². The quantitative estimate of drug-likeness (QED) is 0.284. The molecule has 13 heteroatoms.